The van der Waals surface area contributed by atoms with E-state index in [1.54, 1.807) is 0 Å². The van der Waals surface area contributed by atoms with E-state index in [2.05, 4.69) is 200 Å². The first-order valence-corrected chi connectivity index (χ1v) is 21.5. The van der Waals surface area contributed by atoms with Crippen molar-refractivity contribution in [1.29, 1.82) is 0 Å². The van der Waals surface area contributed by atoms with Gasteiger partial charge in [0.15, 0.2) is 0 Å². The number of furan rings is 1. The van der Waals surface area contributed by atoms with Gasteiger partial charge < -0.3 is 4.42 Å². The van der Waals surface area contributed by atoms with Crippen molar-refractivity contribution in [3.63, 3.8) is 0 Å². The summed E-state index contributed by atoms with van der Waals surface area (Å²) < 4.78 is 9.49. The maximum atomic E-state index is 6.93. The van der Waals surface area contributed by atoms with Gasteiger partial charge in [-0.1, -0.05) is 177 Å². The summed E-state index contributed by atoms with van der Waals surface area (Å²) in [5.74, 6) is 0.345. The average Bonchev–Trinajstić information content (AvgIpc) is 3.83. The minimum atomic E-state index is -0.167. The summed E-state index contributed by atoms with van der Waals surface area (Å²) in [7, 11) is 0. The van der Waals surface area contributed by atoms with Crippen LogP contribution in [0.25, 0.3) is 75.5 Å². The maximum Gasteiger partial charge on any atom is 0.143 e. The van der Waals surface area contributed by atoms with Crippen LogP contribution >= 0.6 is 11.3 Å². The van der Waals surface area contributed by atoms with Crippen molar-refractivity contribution in [3.8, 4) is 33.4 Å². The highest BCUT2D eigenvalue weighted by Crippen LogP contribution is 2.49. The summed E-state index contributed by atoms with van der Waals surface area (Å²) in [4.78, 5) is 5.43. The van der Waals surface area contributed by atoms with Gasteiger partial charge in [0.05, 0.1) is 0 Å². The molecule has 1 aliphatic heterocycles. The average molecular weight is 779 g/mol. The third-order valence-electron chi connectivity index (χ3n) is 12.3. The van der Waals surface area contributed by atoms with E-state index in [1.165, 1.54) is 64.7 Å². The zero-order valence-electron chi connectivity index (χ0n) is 32.8. The van der Waals surface area contributed by atoms with Crippen molar-refractivity contribution >= 4 is 59.2 Å². The number of para-hydroxylation sites is 1. The van der Waals surface area contributed by atoms with Crippen LogP contribution in [0.4, 0.5) is 0 Å². The number of rotatable bonds is 7. The van der Waals surface area contributed by atoms with Crippen molar-refractivity contribution in [2.24, 2.45) is 10.9 Å². The lowest BCUT2D eigenvalue weighted by Gasteiger charge is -2.28. The predicted molar refractivity (Wildman–Crippen MR) is 249 cm³/mol. The lowest BCUT2D eigenvalue weighted by Crippen LogP contribution is -2.29. The summed E-state index contributed by atoms with van der Waals surface area (Å²) in [6.45, 7) is 2.31. The van der Waals surface area contributed by atoms with Crippen LogP contribution in [0, 0.1) is 5.92 Å². The smallest absolute Gasteiger partial charge is 0.143 e. The van der Waals surface area contributed by atoms with Crippen LogP contribution in [-0.4, -0.2) is 5.71 Å². The Morgan fingerprint density at radius 3 is 1.95 bits per heavy atom. The molecule has 0 amide bonds. The van der Waals surface area contributed by atoms with Crippen molar-refractivity contribution in [2.75, 3.05) is 0 Å². The second-order valence-corrected chi connectivity index (χ2v) is 16.7. The Morgan fingerprint density at radius 2 is 1.17 bits per heavy atom. The molecule has 2 aromatic heterocycles. The van der Waals surface area contributed by atoms with Gasteiger partial charge in [-0.15, -0.1) is 11.3 Å². The normalized spacial score (nSPS) is 17.1. The molecule has 8 aromatic carbocycles. The number of fused-ring (bicyclic) bond motifs is 6. The van der Waals surface area contributed by atoms with E-state index < -0.39 is 0 Å². The Kier molecular flexibility index (Phi) is 9.02. The van der Waals surface area contributed by atoms with Crippen LogP contribution in [0.1, 0.15) is 48.7 Å². The minimum Gasteiger partial charge on any atom is -0.455 e. The summed E-state index contributed by atoms with van der Waals surface area (Å²) in [5, 5.41) is 8.92. The van der Waals surface area contributed by atoms with Gasteiger partial charge in [0.25, 0.3) is 0 Å². The minimum absolute atomic E-state index is 0.0929. The molecule has 4 heteroatoms. The third kappa shape index (κ3) is 6.28. The predicted octanol–water partition coefficient (Wildman–Crippen LogP) is 15.2. The molecule has 59 heavy (non-hydrogen) atoms. The molecule has 3 atom stereocenters. The van der Waals surface area contributed by atoms with E-state index in [0.29, 0.717) is 5.92 Å². The maximum absolute atomic E-state index is 6.93. The molecular weight excluding hydrogens is 737 g/mol. The molecule has 10 aromatic rings. The number of nitrogens with zero attached hydrogens (tertiary/aromatic N) is 1. The lowest BCUT2D eigenvalue weighted by atomic mass is 9.84. The topological polar surface area (TPSA) is 37.5 Å². The first-order chi connectivity index (χ1) is 29.2. The Labute approximate surface area is 348 Å². The van der Waals surface area contributed by atoms with Gasteiger partial charge in [-0.3, -0.25) is 10.3 Å². The molecule has 3 heterocycles. The standard InChI is InChI=1S/C55H42N2OS/c1-2-35-34-47(37-19-8-4-9-20-37)56-55(38-21-10-5-11-22-38)57-52(35)40-24-16-23-39(33-40)42-29-31-43(53-50(42)45-25-12-14-27-48(45)58-53)44-32-30-41(36-17-6-3-7-18-36)51-46-26-13-15-28-49(46)59-54(44)51/h3-33,35,52,55,57H,2,34H2,1H3. The molecule has 0 radical (unpaired) electrons. The van der Waals surface area contributed by atoms with Crippen molar-refractivity contribution < 1.29 is 4.42 Å². The fourth-order valence-electron chi connectivity index (χ4n) is 9.37. The molecule has 1 N–H and O–H groups in total. The summed E-state index contributed by atoms with van der Waals surface area (Å²) in [5.41, 5.74) is 13.7. The number of aliphatic imine (C=N–C) groups is 1. The number of benzene rings is 8. The van der Waals surface area contributed by atoms with Crippen LogP contribution in [0.15, 0.2) is 197 Å². The van der Waals surface area contributed by atoms with Crippen LogP contribution in [0.3, 0.4) is 0 Å². The number of thiophene rings is 1. The molecule has 3 nitrogen and oxygen atoms in total. The van der Waals surface area contributed by atoms with Crippen molar-refractivity contribution in [3.05, 3.63) is 205 Å². The largest absolute Gasteiger partial charge is 0.455 e. The molecule has 11 rings (SSSR count). The molecular formula is C55H42N2OS. The van der Waals surface area contributed by atoms with Crippen LogP contribution in [0.2, 0.25) is 0 Å². The van der Waals surface area contributed by atoms with E-state index in [9.17, 15) is 0 Å². The fraction of sp³-hybridized carbons (Fsp3) is 0.109. The van der Waals surface area contributed by atoms with Gasteiger partial charge in [-0.05, 0) is 75.5 Å². The molecule has 0 bridgehead atoms. The van der Waals surface area contributed by atoms with E-state index in [4.69, 9.17) is 9.41 Å². The Hall–Kier alpha value is -6.59. The summed E-state index contributed by atoms with van der Waals surface area (Å²) >= 11 is 1.87. The number of hydrogen-bond donors (Lipinski definition) is 1. The molecule has 0 fully saturated rings. The van der Waals surface area contributed by atoms with Crippen LogP contribution in [-0.2, 0) is 0 Å². The van der Waals surface area contributed by atoms with Crippen molar-refractivity contribution in [1.82, 2.24) is 5.32 Å². The fourth-order valence-corrected chi connectivity index (χ4v) is 10.6. The van der Waals surface area contributed by atoms with Gasteiger partial charge in [0, 0.05) is 53.8 Å². The van der Waals surface area contributed by atoms with E-state index >= 15 is 0 Å². The number of nitrogens with one attached hydrogen (secondary N) is 1. The lowest BCUT2D eigenvalue weighted by molar-refractivity contribution is 0.341. The van der Waals surface area contributed by atoms with E-state index in [0.717, 1.165) is 46.1 Å². The molecule has 0 spiro atoms. The molecule has 284 valence electrons. The molecule has 0 saturated carbocycles. The zero-order chi connectivity index (χ0) is 39.3. The van der Waals surface area contributed by atoms with E-state index in [1.807, 2.05) is 11.3 Å². The van der Waals surface area contributed by atoms with E-state index in [-0.39, 0.29) is 12.2 Å². The third-order valence-corrected chi connectivity index (χ3v) is 13.5. The molecule has 1 aliphatic rings. The Bertz CT molecular complexity index is 3160. The Morgan fingerprint density at radius 1 is 0.559 bits per heavy atom. The van der Waals surface area contributed by atoms with Gasteiger partial charge in [-0.2, -0.15) is 0 Å². The SMILES string of the molecule is CCC1CC(c2ccccc2)=NC(c2ccccc2)NC1c1cccc(-c2ccc(-c3ccc(-c4ccccc4)c4c3sc3ccccc34)c3oc4ccccc4c23)c1. The Balaban J connectivity index is 1.06. The van der Waals surface area contributed by atoms with Gasteiger partial charge >= 0.3 is 0 Å². The quantitative estimate of drug-likeness (QED) is 0.175. The summed E-state index contributed by atoms with van der Waals surface area (Å²) in [6.07, 6.45) is 1.75. The zero-order valence-corrected chi connectivity index (χ0v) is 33.6. The molecule has 3 unspecified atom stereocenters. The first-order valence-electron chi connectivity index (χ1n) is 20.7. The highest BCUT2D eigenvalue weighted by Gasteiger charge is 2.31. The molecule has 0 aliphatic carbocycles. The second-order valence-electron chi connectivity index (χ2n) is 15.7. The highest BCUT2D eigenvalue weighted by atomic mass is 32.1. The van der Waals surface area contributed by atoms with Crippen LogP contribution < -0.4 is 5.32 Å². The van der Waals surface area contributed by atoms with Crippen molar-refractivity contribution in [2.45, 2.75) is 32.0 Å². The second kappa shape index (κ2) is 15.0. The number of hydrogen-bond acceptors (Lipinski definition) is 4. The highest BCUT2D eigenvalue weighted by molar-refractivity contribution is 7.26. The molecule has 0 saturated heterocycles. The van der Waals surface area contributed by atoms with Gasteiger partial charge in [0.2, 0.25) is 0 Å². The van der Waals surface area contributed by atoms with Gasteiger partial charge in [0.1, 0.15) is 17.3 Å². The summed E-state index contributed by atoms with van der Waals surface area (Å²) in [6, 6.07) is 68.0. The first kappa shape index (κ1) is 35.6. The monoisotopic (exact) mass is 778 g/mol. The van der Waals surface area contributed by atoms with Crippen LogP contribution in [0.5, 0.6) is 0 Å². The van der Waals surface area contributed by atoms with Gasteiger partial charge in [-0.25, -0.2) is 0 Å².